The van der Waals surface area contributed by atoms with Crippen molar-refractivity contribution in [2.75, 3.05) is 26.6 Å². The van der Waals surface area contributed by atoms with Crippen molar-refractivity contribution in [1.82, 2.24) is 10.2 Å². The molecule has 1 aliphatic carbocycles. The summed E-state index contributed by atoms with van der Waals surface area (Å²) in [5.74, 6) is 1.78. The third-order valence-electron chi connectivity index (χ3n) is 5.55. The minimum Gasteiger partial charge on any atom is -0.454 e. The van der Waals surface area contributed by atoms with E-state index in [0.29, 0.717) is 25.6 Å². The maximum Gasteiger partial charge on any atom is 0.231 e. The molecule has 6 nitrogen and oxygen atoms in total. The van der Waals surface area contributed by atoms with Gasteiger partial charge in [-0.25, -0.2) is 0 Å². The molecule has 1 N–H and O–H groups in total. The molecule has 1 saturated carbocycles. The number of morpholine rings is 1. The molecule has 2 aliphatic heterocycles. The second-order valence-corrected chi connectivity index (χ2v) is 7.43. The van der Waals surface area contributed by atoms with Gasteiger partial charge in [0.2, 0.25) is 12.7 Å². The Balaban J connectivity index is 1.47. The SMILES string of the molecule is O=C(CC1COCCN1)N(Cc1ccc2c(c1)OCO2)C1CCCCC1. The van der Waals surface area contributed by atoms with Gasteiger partial charge in [0.25, 0.3) is 0 Å². The van der Waals surface area contributed by atoms with E-state index < -0.39 is 0 Å². The summed E-state index contributed by atoms with van der Waals surface area (Å²) in [5.41, 5.74) is 1.10. The molecule has 26 heavy (non-hydrogen) atoms. The first-order valence-corrected chi connectivity index (χ1v) is 9.79. The van der Waals surface area contributed by atoms with Crippen molar-refractivity contribution in [2.45, 2.75) is 57.2 Å². The van der Waals surface area contributed by atoms with Gasteiger partial charge in [-0.1, -0.05) is 25.3 Å². The third-order valence-corrected chi connectivity index (χ3v) is 5.55. The summed E-state index contributed by atoms with van der Waals surface area (Å²) in [6.45, 7) is 3.08. The Morgan fingerprint density at radius 1 is 1.15 bits per heavy atom. The highest BCUT2D eigenvalue weighted by Crippen LogP contribution is 2.33. The Morgan fingerprint density at radius 2 is 2.00 bits per heavy atom. The van der Waals surface area contributed by atoms with Gasteiger partial charge in [-0.2, -0.15) is 0 Å². The second-order valence-electron chi connectivity index (χ2n) is 7.43. The molecule has 1 aromatic carbocycles. The van der Waals surface area contributed by atoms with Crippen LogP contribution in [0.1, 0.15) is 44.1 Å². The highest BCUT2D eigenvalue weighted by Gasteiger charge is 2.28. The first kappa shape index (κ1) is 17.6. The molecular formula is C20H28N2O4. The molecule has 0 radical (unpaired) electrons. The maximum atomic E-state index is 13.1. The van der Waals surface area contributed by atoms with Crippen LogP contribution in [0.15, 0.2) is 18.2 Å². The monoisotopic (exact) mass is 360 g/mol. The van der Waals surface area contributed by atoms with Crippen LogP contribution in [0.5, 0.6) is 11.5 Å². The van der Waals surface area contributed by atoms with E-state index in [1.165, 1.54) is 19.3 Å². The molecule has 1 aromatic rings. The number of hydrogen-bond donors (Lipinski definition) is 1. The van der Waals surface area contributed by atoms with Crippen LogP contribution in [-0.4, -0.2) is 49.4 Å². The van der Waals surface area contributed by atoms with Gasteiger partial charge in [-0.15, -0.1) is 0 Å². The molecule has 3 aliphatic rings. The number of nitrogens with one attached hydrogen (secondary N) is 1. The zero-order valence-corrected chi connectivity index (χ0v) is 15.2. The van der Waals surface area contributed by atoms with E-state index in [0.717, 1.165) is 43.1 Å². The van der Waals surface area contributed by atoms with E-state index in [4.69, 9.17) is 14.2 Å². The summed E-state index contributed by atoms with van der Waals surface area (Å²) >= 11 is 0. The quantitative estimate of drug-likeness (QED) is 0.874. The first-order valence-electron chi connectivity index (χ1n) is 9.79. The number of amides is 1. The molecule has 1 saturated heterocycles. The molecule has 2 fully saturated rings. The number of nitrogens with zero attached hydrogens (tertiary/aromatic N) is 1. The number of carbonyl (C=O) groups is 1. The van der Waals surface area contributed by atoms with Crippen LogP contribution in [0.4, 0.5) is 0 Å². The number of rotatable bonds is 5. The number of benzene rings is 1. The van der Waals surface area contributed by atoms with Gasteiger partial charge < -0.3 is 24.4 Å². The number of fused-ring (bicyclic) bond motifs is 1. The smallest absolute Gasteiger partial charge is 0.231 e. The lowest BCUT2D eigenvalue weighted by Gasteiger charge is -2.36. The van der Waals surface area contributed by atoms with Crippen molar-refractivity contribution in [3.8, 4) is 11.5 Å². The minimum atomic E-state index is 0.124. The maximum absolute atomic E-state index is 13.1. The number of ether oxygens (including phenoxy) is 3. The zero-order valence-electron chi connectivity index (χ0n) is 15.2. The van der Waals surface area contributed by atoms with Crippen LogP contribution >= 0.6 is 0 Å². The zero-order chi connectivity index (χ0) is 17.8. The minimum absolute atomic E-state index is 0.124. The summed E-state index contributed by atoms with van der Waals surface area (Å²) in [4.78, 5) is 15.2. The van der Waals surface area contributed by atoms with Gasteiger partial charge in [-0.3, -0.25) is 4.79 Å². The Labute approximate surface area is 154 Å². The topological polar surface area (TPSA) is 60.0 Å². The lowest BCUT2D eigenvalue weighted by molar-refractivity contribution is -0.136. The second kappa shape index (κ2) is 8.27. The fourth-order valence-electron chi connectivity index (χ4n) is 4.13. The summed E-state index contributed by atoms with van der Waals surface area (Å²) in [6.07, 6.45) is 6.40. The van der Waals surface area contributed by atoms with Crippen LogP contribution in [-0.2, 0) is 16.1 Å². The van der Waals surface area contributed by atoms with Gasteiger partial charge in [-0.05, 0) is 30.5 Å². The van der Waals surface area contributed by atoms with E-state index in [9.17, 15) is 4.79 Å². The van der Waals surface area contributed by atoms with Crippen molar-refractivity contribution < 1.29 is 19.0 Å². The average Bonchev–Trinajstić information content (AvgIpc) is 3.15. The van der Waals surface area contributed by atoms with Crippen LogP contribution in [0.2, 0.25) is 0 Å². The van der Waals surface area contributed by atoms with E-state index in [1.807, 2.05) is 18.2 Å². The van der Waals surface area contributed by atoms with Crippen molar-refractivity contribution in [3.05, 3.63) is 23.8 Å². The standard InChI is InChI=1S/C20H28N2O4/c23-20(11-16-13-24-9-8-21-16)22(17-4-2-1-3-5-17)12-15-6-7-18-19(10-15)26-14-25-18/h6-7,10,16-17,21H,1-5,8-9,11-14H2. The normalized spacial score (nSPS) is 23.0. The summed E-state index contributed by atoms with van der Waals surface area (Å²) in [6, 6.07) is 6.45. The average molecular weight is 360 g/mol. The largest absolute Gasteiger partial charge is 0.454 e. The first-order chi connectivity index (χ1) is 12.8. The molecule has 0 spiro atoms. The van der Waals surface area contributed by atoms with E-state index in [1.54, 1.807) is 0 Å². The summed E-state index contributed by atoms with van der Waals surface area (Å²) < 4.78 is 16.4. The number of carbonyl (C=O) groups excluding carboxylic acids is 1. The fraction of sp³-hybridized carbons (Fsp3) is 0.650. The lowest BCUT2D eigenvalue weighted by atomic mass is 9.93. The van der Waals surface area contributed by atoms with Crippen molar-refractivity contribution >= 4 is 5.91 Å². The molecule has 0 aromatic heterocycles. The van der Waals surface area contributed by atoms with Crippen LogP contribution < -0.4 is 14.8 Å². The predicted octanol–water partition coefficient (Wildman–Crippen LogP) is 2.46. The Hall–Kier alpha value is -1.79. The van der Waals surface area contributed by atoms with Gasteiger partial charge in [0, 0.05) is 31.6 Å². The molecule has 4 rings (SSSR count). The Kier molecular flexibility index (Phi) is 5.60. The molecule has 1 atom stereocenters. The Morgan fingerprint density at radius 3 is 2.81 bits per heavy atom. The van der Waals surface area contributed by atoms with E-state index in [2.05, 4.69) is 10.2 Å². The fourth-order valence-corrected chi connectivity index (χ4v) is 4.13. The number of hydrogen-bond acceptors (Lipinski definition) is 5. The van der Waals surface area contributed by atoms with Gasteiger partial charge in [0.1, 0.15) is 0 Å². The lowest BCUT2D eigenvalue weighted by Crippen LogP contribution is -2.47. The Bertz CT molecular complexity index is 624. The molecule has 1 amide bonds. The van der Waals surface area contributed by atoms with Crippen LogP contribution in [0.3, 0.4) is 0 Å². The highest BCUT2D eigenvalue weighted by molar-refractivity contribution is 5.77. The van der Waals surface area contributed by atoms with Gasteiger partial charge >= 0.3 is 0 Å². The van der Waals surface area contributed by atoms with Crippen LogP contribution in [0, 0.1) is 0 Å². The molecular weight excluding hydrogens is 332 g/mol. The third kappa shape index (κ3) is 4.13. The molecule has 2 heterocycles. The van der Waals surface area contributed by atoms with Crippen LogP contribution in [0.25, 0.3) is 0 Å². The molecule has 1 unspecified atom stereocenters. The van der Waals surface area contributed by atoms with Crippen molar-refractivity contribution in [3.63, 3.8) is 0 Å². The van der Waals surface area contributed by atoms with Crippen molar-refractivity contribution in [2.24, 2.45) is 0 Å². The predicted molar refractivity (Wildman–Crippen MR) is 97.2 cm³/mol. The highest BCUT2D eigenvalue weighted by atomic mass is 16.7. The van der Waals surface area contributed by atoms with Gasteiger partial charge in [0.15, 0.2) is 11.5 Å². The molecule has 142 valence electrons. The van der Waals surface area contributed by atoms with Crippen molar-refractivity contribution in [1.29, 1.82) is 0 Å². The summed E-state index contributed by atoms with van der Waals surface area (Å²) in [5, 5.41) is 3.40. The van der Waals surface area contributed by atoms with E-state index >= 15 is 0 Å². The molecule has 6 heteroatoms. The molecule has 0 bridgehead atoms. The summed E-state index contributed by atoms with van der Waals surface area (Å²) in [7, 11) is 0. The van der Waals surface area contributed by atoms with Gasteiger partial charge in [0.05, 0.1) is 13.2 Å². The van der Waals surface area contributed by atoms with E-state index in [-0.39, 0.29) is 18.7 Å².